The van der Waals surface area contributed by atoms with Crippen molar-refractivity contribution in [1.82, 2.24) is 15.0 Å². The fraction of sp³-hybridized carbons (Fsp3) is 0.242. The van der Waals surface area contributed by atoms with Crippen molar-refractivity contribution in [2.75, 3.05) is 13.2 Å². The minimum Gasteiger partial charge on any atom is -0.493 e. The molecular formula is C33H27F4N3O4. The normalized spacial score (nSPS) is 16.0. The quantitative estimate of drug-likeness (QED) is 0.0866. The maximum atomic E-state index is 15.1. The van der Waals surface area contributed by atoms with Gasteiger partial charge in [0.25, 0.3) is 0 Å². The van der Waals surface area contributed by atoms with Crippen LogP contribution in [0.4, 0.5) is 17.6 Å². The van der Waals surface area contributed by atoms with Gasteiger partial charge in [0.15, 0.2) is 17.4 Å². The number of hydrogen-bond donors (Lipinski definition) is 2. The summed E-state index contributed by atoms with van der Waals surface area (Å²) in [5, 5.41) is -0.278. The van der Waals surface area contributed by atoms with Gasteiger partial charge in [0.1, 0.15) is 23.2 Å². The monoisotopic (exact) mass is 605 g/mol. The number of aromatic nitrogens is 3. The third-order valence-corrected chi connectivity index (χ3v) is 8.16. The van der Waals surface area contributed by atoms with Gasteiger partial charge >= 0.3 is 5.97 Å². The number of nitrogens with one attached hydrogen (secondary N) is 2. The van der Waals surface area contributed by atoms with Crippen LogP contribution in [0.15, 0.2) is 54.9 Å². The van der Waals surface area contributed by atoms with Gasteiger partial charge in [-0.2, -0.15) is 0 Å². The van der Waals surface area contributed by atoms with Crippen LogP contribution in [0.2, 0.25) is 0 Å². The van der Waals surface area contributed by atoms with E-state index in [4.69, 9.17) is 9.47 Å². The van der Waals surface area contributed by atoms with Gasteiger partial charge in [0.2, 0.25) is 0 Å². The summed E-state index contributed by atoms with van der Waals surface area (Å²) >= 11 is 0. The largest absolute Gasteiger partial charge is 0.493 e. The molecular weight excluding hydrogens is 578 g/mol. The number of H-pyrrole nitrogens is 2. The Bertz CT molecular complexity index is 1930. The van der Waals surface area contributed by atoms with E-state index in [9.17, 15) is 18.4 Å². The average Bonchev–Trinajstić information content (AvgIpc) is 3.71. The second kappa shape index (κ2) is 11.3. The molecule has 0 amide bonds. The average molecular weight is 606 g/mol. The Hall–Kier alpha value is -4.93. The molecule has 7 nitrogen and oxygen atoms in total. The summed E-state index contributed by atoms with van der Waals surface area (Å²) in [4.78, 5) is 35.2. The van der Waals surface area contributed by atoms with Crippen LogP contribution in [-0.2, 0) is 21.4 Å². The number of para-hydroxylation sites is 1. The van der Waals surface area contributed by atoms with E-state index in [1.54, 1.807) is 13.1 Å². The van der Waals surface area contributed by atoms with Crippen molar-refractivity contribution in [2.45, 2.75) is 38.5 Å². The summed E-state index contributed by atoms with van der Waals surface area (Å²) in [6.45, 7) is 4.43. The van der Waals surface area contributed by atoms with Gasteiger partial charge < -0.3 is 19.4 Å². The standard InChI is InChI=1S/C33H27F4N3O4/c1-3-43-24(41)10-8-17-5-4-6-21-31(17)44-14-12-33(21,2)23-16-39-32(40-23)20-15-18(7-9-22(20)34)30(42)25-26(35)19-11-13-38-29(19)28(37)27(25)36/h4-7,9,11,13,15-16,38H,3,8,10,12,14H2,1-2H3,(H,39,40). The molecule has 3 heterocycles. The highest BCUT2D eigenvalue weighted by Gasteiger charge is 2.38. The molecule has 3 aromatic carbocycles. The molecule has 1 atom stereocenters. The van der Waals surface area contributed by atoms with Crippen molar-refractivity contribution < 1.29 is 36.6 Å². The Morgan fingerprint density at radius 1 is 1.07 bits per heavy atom. The van der Waals surface area contributed by atoms with E-state index >= 15 is 8.78 Å². The molecule has 0 fully saturated rings. The summed E-state index contributed by atoms with van der Waals surface area (Å²) in [7, 11) is 0. The molecule has 0 spiro atoms. The zero-order valence-electron chi connectivity index (χ0n) is 23.8. The van der Waals surface area contributed by atoms with Gasteiger partial charge in [-0.3, -0.25) is 9.59 Å². The predicted molar refractivity (Wildman–Crippen MR) is 154 cm³/mol. The molecule has 5 aromatic rings. The van der Waals surface area contributed by atoms with Gasteiger partial charge in [-0.15, -0.1) is 0 Å². The molecule has 2 aromatic heterocycles. The van der Waals surface area contributed by atoms with E-state index in [0.717, 1.165) is 29.3 Å². The number of benzene rings is 3. The van der Waals surface area contributed by atoms with Gasteiger partial charge in [-0.1, -0.05) is 18.2 Å². The topological polar surface area (TPSA) is 97.1 Å². The van der Waals surface area contributed by atoms with Gasteiger partial charge in [-0.05, 0) is 56.5 Å². The van der Waals surface area contributed by atoms with Crippen molar-refractivity contribution >= 4 is 22.7 Å². The van der Waals surface area contributed by atoms with Gasteiger partial charge in [-0.25, -0.2) is 22.5 Å². The Balaban J connectivity index is 1.34. The Morgan fingerprint density at radius 2 is 1.89 bits per heavy atom. The fourth-order valence-corrected chi connectivity index (χ4v) is 5.74. The molecule has 2 N–H and O–H groups in total. The first-order valence-electron chi connectivity index (χ1n) is 14.1. The van der Waals surface area contributed by atoms with Gasteiger partial charge in [0, 0.05) is 46.4 Å². The number of esters is 1. The van der Waals surface area contributed by atoms with Crippen LogP contribution in [0, 0.1) is 23.3 Å². The molecule has 0 radical (unpaired) electrons. The number of hydrogen-bond acceptors (Lipinski definition) is 5. The lowest BCUT2D eigenvalue weighted by molar-refractivity contribution is -0.143. The number of ketones is 1. The maximum Gasteiger partial charge on any atom is 0.306 e. The second-order valence-corrected chi connectivity index (χ2v) is 10.8. The zero-order valence-corrected chi connectivity index (χ0v) is 23.8. The number of ether oxygens (including phenoxy) is 2. The number of fused-ring (bicyclic) bond motifs is 2. The van der Waals surface area contributed by atoms with E-state index in [0.29, 0.717) is 37.5 Å². The molecule has 11 heteroatoms. The smallest absolute Gasteiger partial charge is 0.306 e. The molecule has 1 aliphatic heterocycles. The van der Waals surface area contributed by atoms with E-state index in [-0.39, 0.29) is 34.7 Å². The molecule has 226 valence electrons. The van der Waals surface area contributed by atoms with E-state index in [2.05, 4.69) is 15.0 Å². The van der Waals surface area contributed by atoms with Crippen LogP contribution < -0.4 is 4.74 Å². The van der Waals surface area contributed by atoms with E-state index in [1.807, 2.05) is 25.1 Å². The molecule has 6 rings (SSSR count). The highest BCUT2D eigenvalue weighted by atomic mass is 19.2. The van der Waals surface area contributed by atoms with Crippen LogP contribution in [0.25, 0.3) is 22.3 Å². The Kier molecular flexibility index (Phi) is 7.48. The number of carbonyl (C=O) groups excluding carboxylic acids is 2. The SMILES string of the molecule is CCOC(=O)CCc1cccc2c1OCCC2(C)c1cnc(-c2cc(C(=O)c3c(F)c(F)c4[nH]ccc4c3F)ccc2F)[nH]1. The number of rotatable bonds is 8. The number of nitrogens with zero attached hydrogens (tertiary/aromatic N) is 1. The predicted octanol–water partition coefficient (Wildman–Crippen LogP) is 6.93. The first kappa shape index (κ1) is 29.2. The Labute approximate surface area is 249 Å². The first-order chi connectivity index (χ1) is 21.1. The Morgan fingerprint density at radius 3 is 2.68 bits per heavy atom. The van der Waals surface area contributed by atoms with Crippen molar-refractivity contribution in [3.05, 3.63) is 106 Å². The van der Waals surface area contributed by atoms with E-state index in [1.165, 1.54) is 12.3 Å². The van der Waals surface area contributed by atoms with Crippen molar-refractivity contribution in [3.63, 3.8) is 0 Å². The number of aryl methyl sites for hydroxylation is 1. The summed E-state index contributed by atoms with van der Waals surface area (Å²) in [5.74, 6) is -5.66. The van der Waals surface area contributed by atoms with Gasteiger partial charge in [0.05, 0.1) is 29.9 Å². The first-order valence-corrected chi connectivity index (χ1v) is 14.1. The lowest BCUT2D eigenvalue weighted by Crippen LogP contribution is -2.32. The van der Waals surface area contributed by atoms with Crippen molar-refractivity contribution in [2.24, 2.45) is 0 Å². The lowest BCUT2D eigenvalue weighted by atomic mass is 9.74. The fourth-order valence-electron chi connectivity index (χ4n) is 5.74. The third kappa shape index (κ3) is 4.82. The molecule has 0 aliphatic carbocycles. The highest BCUT2D eigenvalue weighted by Crippen LogP contribution is 2.45. The second-order valence-electron chi connectivity index (χ2n) is 10.8. The van der Waals surface area contributed by atoms with Crippen LogP contribution in [-0.4, -0.2) is 39.9 Å². The van der Waals surface area contributed by atoms with Crippen LogP contribution in [0.1, 0.15) is 59.4 Å². The van der Waals surface area contributed by atoms with Crippen LogP contribution >= 0.6 is 0 Å². The lowest BCUT2D eigenvalue weighted by Gasteiger charge is -2.36. The molecule has 0 bridgehead atoms. The minimum atomic E-state index is -1.64. The number of imidazole rings is 1. The molecule has 1 aliphatic rings. The molecule has 1 unspecified atom stereocenters. The highest BCUT2D eigenvalue weighted by molar-refractivity contribution is 6.11. The van der Waals surface area contributed by atoms with Crippen molar-refractivity contribution in [3.8, 4) is 17.1 Å². The zero-order chi connectivity index (χ0) is 31.2. The number of carbonyl (C=O) groups is 2. The van der Waals surface area contributed by atoms with E-state index < -0.39 is 45.5 Å². The number of aromatic amines is 2. The maximum absolute atomic E-state index is 15.1. The third-order valence-electron chi connectivity index (χ3n) is 8.16. The summed E-state index contributed by atoms with van der Waals surface area (Å²) in [6.07, 6.45) is 4.00. The summed E-state index contributed by atoms with van der Waals surface area (Å²) in [6, 6.07) is 10.1. The molecule has 0 saturated carbocycles. The molecule has 0 saturated heterocycles. The molecule has 44 heavy (non-hydrogen) atoms. The minimum absolute atomic E-state index is 0.0908. The van der Waals surface area contributed by atoms with Crippen molar-refractivity contribution in [1.29, 1.82) is 0 Å². The summed E-state index contributed by atoms with van der Waals surface area (Å²) in [5.41, 5.74) is -0.0900. The summed E-state index contributed by atoms with van der Waals surface area (Å²) < 4.78 is 70.8. The van der Waals surface area contributed by atoms with Crippen LogP contribution in [0.5, 0.6) is 5.75 Å². The van der Waals surface area contributed by atoms with Crippen LogP contribution in [0.3, 0.4) is 0 Å². The number of halogens is 4.